The predicted octanol–water partition coefficient (Wildman–Crippen LogP) is 2.86. The summed E-state index contributed by atoms with van der Waals surface area (Å²) in [4.78, 5) is 19.9. The van der Waals surface area contributed by atoms with E-state index >= 15 is 0 Å². The molecule has 0 unspecified atom stereocenters. The zero-order valence-electron chi connectivity index (χ0n) is 15.9. The number of halogens is 1. The second-order valence-corrected chi connectivity index (χ2v) is 7.03. The average molecular weight is 366 g/mol. The van der Waals surface area contributed by atoms with E-state index in [0.29, 0.717) is 5.95 Å². The van der Waals surface area contributed by atoms with E-state index < -0.39 is 0 Å². The Labute approximate surface area is 158 Å². The van der Waals surface area contributed by atoms with Gasteiger partial charge >= 0.3 is 0 Å². The minimum Gasteiger partial charge on any atom is -0.367 e. The van der Waals surface area contributed by atoms with Crippen LogP contribution in [0.2, 0.25) is 0 Å². The van der Waals surface area contributed by atoms with Crippen molar-refractivity contribution >= 4 is 28.4 Å². The molecule has 1 aliphatic rings. The lowest BCUT2D eigenvalue weighted by Gasteiger charge is -2.37. The van der Waals surface area contributed by atoms with Gasteiger partial charge in [-0.05, 0) is 37.3 Å². The predicted molar refractivity (Wildman–Crippen MR) is 107 cm³/mol. The van der Waals surface area contributed by atoms with Crippen molar-refractivity contribution in [3.8, 4) is 0 Å². The van der Waals surface area contributed by atoms with Gasteiger partial charge in [-0.2, -0.15) is 4.98 Å². The number of benzene rings is 1. The van der Waals surface area contributed by atoms with Gasteiger partial charge in [-0.25, -0.2) is 9.37 Å². The Bertz CT molecular complexity index is 966. The molecule has 6 nitrogen and oxygen atoms in total. The second kappa shape index (κ2) is 6.98. The SMILES string of the molecule is Cc1cc(N2CCN(c3ccnc(N(C)C)n3)CC2)c2cc(F)ccc2n1. The fourth-order valence-corrected chi connectivity index (χ4v) is 3.48. The molecule has 0 spiro atoms. The second-order valence-electron chi connectivity index (χ2n) is 7.03. The number of piperazine rings is 1. The maximum Gasteiger partial charge on any atom is 0.226 e. The summed E-state index contributed by atoms with van der Waals surface area (Å²) < 4.78 is 13.8. The fraction of sp³-hybridized carbons (Fsp3) is 0.350. The number of aromatic nitrogens is 3. The lowest BCUT2D eigenvalue weighted by atomic mass is 10.1. The van der Waals surface area contributed by atoms with Crippen molar-refractivity contribution in [3.63, 3.8) is 0 Å². The number of pyridine rings is 1. The fourth-order valence-electron chi connectivity index (χ4n) is 3.48. The Balaban J connectivity index is 1.57. The zero-order chi connectivity index (χ0) is 19.0. The number of anilines is 3. The van der Waals surface area contributed by atoms with E-state index in [1.54, 1.807) is 18.3 Å². The van der Waals surface area contributed by atoms with Crippen LogP contribution in [0, 0.1) is 12.7 Å². The van der Waals surface area contributed by atoms with Crippen LogP contribution in [0.1, 0.15) is 5.69 Å². The van der Waals surface area contributed by atoms with Crippen molar-refractivity contribution in [1.29, 1.82) is 0 Å². The lowest BCUT2D eigenvalue weighted by Crippen LogP contribution is -2.47. The lowest BCUT2D eigenvalue weighted by molar-refractivity contribution is 0.629. The van der Waals surface area contributed by atoms with Crippen LogP contribution in [0.3, 0.4) is 0 Å². The molecule has 0 saturated carbocycles. The highest BCUT2D eigenvalue weighted by Crippen LogP contribution is 2.29. The van der Waals surface area contributed by atoms with Gasteiger partial charge in [-0.3, -0.25) is 4.98 Å². The highest BCUT2D eigenvalue weighted by molar-refractivity contribution is 5.92. The summed E-state index contributed by atoms with van der Waals surface area (Å²) >= 11 is 0. The molecule has 3 heterocycles. The van der Waals surface area contributed by atoms with Gasteiger partial charge in [0.25, 0.3) is 0 Å². The molecule has 0 bridgehead atoms. The molecule has 140 valence electrons. The van der Waals surface area contributed by atoms with Gasteiger partial charge in [-0.15, -0.1) is 0 Å². The maximum atomic E-state index is 13.8. The number of fused-ring (bicyclic) bond motifs is 1. The van der Waals surface area contributed by atoms with Crippen LogP contribution in [-0.2, 0) is 0 Å². The van der Waals surface area contributed by atoms with Gasteiger partial charge in [0.2, 0.25) is 5.95 Å². The number of aryl methyl sites for hydroxylation is 1. The first-order chi connectivity index (χ1) is 13.0. The molecule has 2 aromatic heterocycles. The van der Waals surface area contributed by atoms with Crippen molar-refractivity contribution in [3.05, 3.63) is 48.0 Å². The smallest absolute Gasteiger partial charge is 0.226 e. The van der Waals surface area contributed by atoms with Crippen molar-refractivity contribution in [1.82, 2.24) is 15.0 Å². The van der Waals surface area contributed by atoms with Crippen molar-refractivity contribution in [2.75, 3.05) is 55.0 Å². The molecule has 0 N–H and O–H groups in total. The molecule has 4 rings (SSSR count). The summed E-state index contributed by atoms with van der Waals surface area (Å²) in [6, 6.07) is 8.79. The first kappa shape index (κ1) is 17.5. The topological polar surface area (TPSA) is 48.4 Å². The van der Waals surface area contributed by atoms with Gasteiger partial charge in [0.15, 0.2) is 0 Å². The third-order valence-electron chi connectivity index (χ3n) is 4.85. The Morgan fingerprint density at radius 1 is 0.963 bits per heavy atom. The molecule has 0 radical (unpaired) electrons. The number of nitrogens with zero attached hydrogens (tertiary/aromatic N) is 6. The summed E-state index contributed by atoms with van der Waals surface area (Å²) in [5, 5.41) is 0.867. The van der Waals surface area contributed by atoms with E-state index in [-0.39, 0.29) is 5.82 Å². The van der Waals surface area contributed by atoms with Crippen LogP contribution in [0.4, 0.5) is 21.8 Å². The van der Waals surface area contributed by atoms with Crippen LogP contribution in [0.15, 0.2) is 36.5 Å². The number of hydrogen-bond acceptors (Lipinski definition) is 6. The van der Waals surface area contributed by atoms with Crippen LogP contribution in [-0.4, -0.2) is 55.2 Å². The van der Waals surface area contributed by atoms with E-state index in [1.807, 2.05) is 38.1 Å². The summed E-state index contributed by atoms with van der Waals surface area (Å²) in [5.74, 6) is 1.42. The Morgan fingerprint density at radius 2 is 1.70 bits per heavy atom. The molecular weight excluding hydrogens is 343 g/mol. The number of hydrogen-bond donors (Lipinski definition) is 0. The van der Waals surface area contributed by atoms with Gasteiger partial charge in [0, 0.05) is 63.2 Å². The van der Waals surface area contributed by atoms with Gasteiger partial charge in [-0.1, -0.05) is 0 Å². The quantitative estimate of drug-likeness (QED) is 0.710. The third-order valence-corrected chi connectivity index (χ3v) is 4.85. The van der Waals surface area contributed by atoms with E-state index in [4.69, 9.17) is 0 Å². The summed E-state index contributed by atoms with van der Waals surface area (Å²) in [7, 11) is 3.88. The standard InChI is InChI=1S/C20H23FN6/c1-14-12-18(16-13-15(21)4-5-17(16)23-14)26-8-10-27(11-9-26)19-6-7-22-20(24-19)25(2)3/h4-7,12-13H,8-11H2,1-3H3. The first-order valence-corrected chi connectivity index (χ1v) is 9.08. The van der Waals surface area contributed by atoms with Gasteiger partial charge < -0.3 is 14.7 Å². The molecule has 1 fully saturated rings. The molecular formula is C20H23FN6. The average Bonchev–Trinajstić information content (AvgIpc) is 2.68. The van der Waals surface area contributed by atoms with Crippen LogP contribution in [0.25, 0.3) is 10.9 Å². The molecule has 0 aliphatic carbocycles. The molecule has 1 saturated heterocycles. The Kier molecular flexibility index (Phi) is 4.51. The van der Waals surface area contributed by atoms with E-state index in [1.165, 1.54) is 6.07 Å². The molecule has 7 heteroatoms. The van der Waals surface area contributed by atoms with Crippen LogP contribution < -0.4 is 14.7 Å². The molecule has 1 aliphatic heterocycles. The molecule has 3 aromatic rings. The molecule has 1 aromatic carbocycles. The third kappa shape index (κ3) is 3.49. The van der Waals surface area contributed by atoms with Crippen LogP contribution in [0.5, 0.6) is 0 Å². The summed E-state index contributed by atoms with van der Waals surface area (Å²) in [5.41, 5.74) is 2.83. The minimum absolute atomic E-state index is 0.231. The van der Waals surface area contributed by atoms with E-state index in [9.17, 15) is 4.39 Å². The van der Waals surface area contributed by atoms with E-state index in [0.717, 1.165) is 54.3 Å². The molecule has 0 atom stereocenters. The highest BCUT2D eigenvalue weighted by atomic mass is 19.1. The summed E-state index contributed by atoms with van der Waals surface area (Å²) in [6.07, 6.45) is 1.80. The monoisotopic (exact) mass is 366 g/mol. The van der Waals surface area contributed by atoms with Gasteiger partial charge in [0.05, 0.1) is 5.52 Å². The molecule has 27 heavy (non-hydrogen) atoms. The van der Waals surface area contributed by atoms with Crippen LogP contribution >= 0.6 is 0 Å². The van der Waals surface area contributed by atoms with E-state index in [2.05, 4.69) is 24.8 Å². The number of rotatable bonds is 3. The maximum absolute atomic E-state index is 13.8. The zero-order valence-corrected chi connectivity index (χ0v) is 15.9. The Hall–Kier alpha value is -2.96. The first-order valence-electron chi connectivity index (χ1n) is 9.08. The summed E-state index contributed by atoms with van der Waals surface area (Å²) in [6.45, 7) is 5.36. The normalized spacial score (nSPS) is 14.7. The minimum atomic E-state index is -0.231. The van der Waals surface area contributed by atoms with Crippen molar-refractivity contribution < 1.29 is 4.39 Å². The molecule has 0 amide bonds. The largest absolute Gasteiger partial charge is 0.367 e. The van der Waals surface area contributed by atoms with Gasteiger partial charge in [0.1, 0.15) is 11.6 Å². The Morgan fingerprint density at radius 3 is 2.44 bits per heavy atom. The van der Waals surface area contributed by atoms with Crippen molar-refractivity contribution in [2.24, 2.45) is 0 Å². The highest BCUT2D eigenvalue weighted by Gasteiger charge is 2.21. The van der Waals surface area contributed by atoms with Crippen molar-refractivity contribution in [2.45, 2.75) is 6.92 Å².